The molecule has 0 heterocycles. The monoisotopic (exact) mass is 347 g/mol. The van der Waals surface area contributed by atoms with Crippen LogP contribution in [0.3, 0.4) is 0 Å². The van der Waals surface area contributed by atoms with E-state index in [2.05, 4.69) is 32.6 Å². The van der Waals surface area contributed by atoms with E-state index in [0.717, 1.165) is 20.4 Å². The van der Waals surface area contributed by atoms with E-state index in [9.17, 15) is 0 Å². The molecule has 0 aliphatic carbocycles. The third-order valence-corrected chi connectivity index (χ3v) is 3.24. The summed E-state index contributed by atoms with van der Waals surface area (Å²) in [6.45, 7) is 2.91. The fraction of sp³-hybridized carbons (Fsp3) is 0.455. The van der Waals surface area contributed by atoms with Crippen LogP contribution >= 0.6 is 22.6 Å². The van der Waals surface area contributed by atoms with Crippen LogP contribution < -0.4 is 4.74 Å². The highest BCUT2D eigenvalue weighted by molar-refractivity contribution is 14.1. The Bertz CT molecular complexity index is 431. The predicted octanol–water partition coefficient (Wildman–Crippen LogP) is 3.17. The van der Waals surface area contributed by atoms with E-state index in [1.165, 1.54) is 0 Å². The molecule has 0 aromatic heterocycles. The maximum atomic E-state index is 9.16. The largest absolute Gasteiger partial charge is 0.493 e. The molecule has 92 valence electrons. The van der Waals surface area contributed by atoms with Gasteiger partial charge in [0.1, 0.15) is 5.75 Å². The number of nitrogens with zero attached hydrogens (tertiary/aromatic N) is 3. The van der Waals surface area contributed by atoms with Crippen LogP contribution in [0.4, 0.5) is 0 Å². The van der Waals surface area contributed by atoms with E-state index in [4.69, 9.17) is 15.4 Å². The standard InChI is InChI=1S/C11H14IN3O2/c1-8-5-10(12)9(7-16)6-11(8)17-4-2-3-14-15-13/h5-6,16H,2-4,7H2,1H3. The molecular formula is C11H14IN3O2. The molecule has 0 saturated carbocycles. The quantitative estimate of drug-likeness (QED) is 0.282. The van der Waals surface area contributed by atoms with E-state index in [-0.39, 0.29) is 6.61 Å². The number of halogens is 1. The summed E-state index contributed by atoms with van der Waals surface area (Å²) < 4.78 is 6.61. The van der Waals surface area contributed by atoms with Gasteiger partial charge in [-0.05, 0) is 64.7 Å². The molecule has 0 aliphatic rings. The number of hydrogen-bond donors (Lipinski definition) is 1. The fourth-order valence-corrected chi connectivity index (χ4v) is 2.13. The predicted molar refractivity (Wildman–Crippen MR) is 73.9 cm³/mol. The molecule has 0 unspecified atom stereocenters. The maximum Gasteiger partial charge on any atom is 0.122 e. The number of aliphatic hydroxyl groups is 1. The maximum absolute atomic E-state index is 9.16. The molecule has 1 rings (SSSR count). The van der Waals surface area contributed by atoms with Gasteiger partial charge in [-0.1, -0.05) is 5.11 Å². The van der Waals surface area contributed by atoms with Crippen LogP contribution in [0.2, 0.25) is 0 Å². The fourth-order valence-electron chi connectivity index (χ4n) is 1.33. The zero-order valence-corrected chi connectivity index (χ0v) is 11.7. The molecule has 1 N–H and O–H groups in total. The lowest BCUT2D eigenvalue weighted by atomic mass is 10.1. The minimum absolute atomic E-state index is 0.00758. The molecule has 0 aliphatic heterocycles. The summed E-state index contributed by atoms with van der Waals surface area (Å²) in [4.78, 5) is 2.67. The smallest absolute Gasteiger partial charge is 0.122 e. The van der Waals surface area contributed by atoms with Crippen LogP contribution in [0.25, 0.3) is 10.4 Å². The molecule has 0 atom stereocenters. The van der Waals surface area contributed by atoms with Crippen molar-refractivity contribution in [3.05, 3.63) is 37.3 Å². The average Bonchev–Trinajstić information content (AvgIpc) is 2.31. The Hall–Kier alpha value is -0.980. The lowest BCUT2D eigenvalue weighted by Crippen LogP contribution is -2.02. The summed E-state index contributed by atoms with van der Waals surface area (Å²) >= 11 is 2.19. The van der Waals surface area contributed by atoms with E-state index in [1.54, 1.807) is 0 Å². The van der Waals surface area contributed by atoms with Gasteiger partial charge in [0.05, 0.1) is 13.2 Å². The van der Waals surface area contributed by atoms with Crippen molar-refractivity contribution < 1.29 is 9.84 Å². The van der Waals surface area contributed by atoms with E-state index < -0.39 is 0 Å². The number of hydrogen-bond acceptors (Lipinski definition) is 3. The van der Waals surface area contributed by atoms with Crippen LogP contribution in [-0.4, -0.2) is 18.3 Å². The molecular weight excluding hydrogens is 333 g/mol. The highest BCUT2D eigenvalue weighted by Crippen LogP contribution is 2.24. The number of rotatable bonds is 6. The number of azide groups is 1. The lowest BCUT2D eigenvalue weighted by molar-refractivity contribution is 0.277. The van der Waals surface area contributed by atoms with Crippen molar-refractivity contribution in [2.24, 2.45) is 5.11 Å². The van der Waals surface area contributed by atoms with Crippen molar-refractivity contribution in [2.75, 3.05) is 13.2 Å². The Morgan fingerprint density at radius 3 is 2.94 bits per heavy atom. The molecule has 0 saturated heterocycles. The van der Waals surface area contributed by atoms with Gasteiger partial charge in [-0.15, -0.1) is 0 Å². The number of aliphatic hydroxyl groups excluding tert-OH is 1. The molecule has 0 spiro atoms. The molecule has 0 amide bonds. The van der Waals surface area contributed by atoms with Crippen molar-refractivity contribution in [3.8, 4) is 5.75 Å². The molecule has 1 aromatic rings. The van der Waals surface area contributed by atoms with Gasteiger partial charge in [0.15, 0.2) is 0 Å². The van der Waals surface area contributed by atoms with Crippen LogP contribution in [0.5, 0.6) is 5.75 Å². The van der Waals surface area contributed by atoms with Gasteiger partial charge in [-0.25, -0.2) is 0 Å². The molecule has 0 bridgehead atoms. The Balaban J connectivity index is 2.61. The van der Waals surface area contributed by atoms with Crippen molar-refractivity contribution in [1.29, 1.82) is 0 Å². The second-order valence-corrected chi connectivity index (χ2v) is 4.69. The Kier molecular flexibility index (Phi) is 6.10. The Morgan fingerprint density at radius 1 is 1.53 bits per heavy atom. The summed E-state index contributed by atoms with van der Waals surface area (Å²) in [6.07, 6.45) is 0.684. The molecule has 0 fully saturated rings. The zero-order chi connectivity index (χ0) is 12.7. The van der Waals surface area contributed by atoms with Crippen LogP contribution in [0.15, 0.2) is 17.2 Å². The van der Waals surface area contributed by atoms with E-state index in [1.807, 2.05) is 19.1 Å². The minimum atomic E-state index is 0.00758. The summed E-state index contributed by atoms with van der Waals surface area (Å²) in [5, 5.41) is 12.6. The van der Waals surface area contributed by atoms with E-state index >= 15 is 0 Å². The highest BCUT2D eigenvalue weighted by atomic mass is 127. The zero-order valence-electron chi connectivity index (χ0n) is 9.56. The summed E-state index contributed by atoms with van der Waals surface area (Å²) in [7, 11) is 0. The number of benzene rings is 1. The van der Waals surface area contributed by atoms with Crippen molar-refractivity contribution in [3.63, 3.8) is 0 Å². The third-order valence-electron chi connectivity index (χ3n) is 2.24. The van der Waals surface area contributed by atoms with Gasteiger partial charge in [-0.3, -0.25) is 0 Å². The molecule has 6 heteroatoms. The van der Waals surface area contributed by atoms with Gasteiger partial charge in [0.2, 0.25) is 0 Å². The number of aryl methyl sites for hydroxylation is 1. The summed E-state index contributed by atoms with van der Waals surface area (Å²) in [6, 6.07) is 3.83. The molecule has 0 radical (unpaired) electrons. The van der Waals surface area contributed by atoms with Gasteiger partial charge in [0, 0.05) is 15.0 Å². The second-order valence-electron chi connectivity index (χ2n) is 3.52. The topological polar surface area (TPSA) is 78.2 Å². The first-order chi connectivity index (χ1) is 8.19. The van der Waals surface area contributed by atoms with Crippen LogP contribution in [0, 0.1) is 10.5 Å². The second kappa shape index (κ2) is 7.37. The van der Waals surface area contributed by atoms with Gasteiger partial charge in [-0.2, -0.15) is 0 Å². The van der Waals surface area contributed by atoms with Crippen molar-refractivity contribution >= 4 is 22.6 Å². The Morgan fingerprint density at radius 2 is 2.29 bits per heavy atom. The number of ether oxygens (including phenoxy) is 1. The first-order valence-electron chi connectivity index (χ1n) is 5.22. The summed E-state index contributed by atoms with van der Waals surface area (Å²) in [5.41, 5.74) is 10.0. The average molecular weight is 347 g/mol. The SMILES string of the molecule is Cc1cc(I)c(CO)cc1OCCCN=[N+]=[N-]. The molecule has 5 nitrogen and oxygen atoms in total. The van der Waals surface area contributed by atoms with Gasteiger partial charge < -0.3 is 9.84 Å². The molecule has 17 heavy (non-hydrogen) atoms. The van der Waals surface area contributed by atoms with Crippen LogP contribution in [-0.2, 0) is 6.61 Å². The van der Waals surface area contributed by atoms with Gasteiger partial charge in [0.25, 0.3) is 0 Å². The first-order valence-corrected chi connectivity index (χ1v) is 6.30. The highest BCUT2D eigenvalue weighted by Gasteiger charge is 2.05. The van der Waals surface area contributed by atoms with Crippen molar-refractivity contribution in [1.82, 2.24) is 0 Å². The third kappa shape index (κ3) is 4.41. The van der Waals surface area contributed by atoms with E-state index in [0.29, 0.717) is 19.6 Å². The normalized spacial score (nSPS) is 9.82. The first kappa shape index (κ1) is 14.1. The summed E-state index contributed by atoms with van der Waals surface area (Å²) in [5.74, 6) is 0.774. The van der Waals surface area contributed by atoms with Crippen LogP contribution in [0.1, 0.15) is 17.5 Å². The van der Waals surface area contributed by atoms with Crippen molar-refractivity contribution in [2.45, 2.75) is 20.0 Å². The minimum Gasteiger partial charge on any atom is -0.493 e. The lowest BCUT2D eigenvalue weighted by Gasteiger charge is -2.11. The Labute approximate surface area is 114 Å². The van der Waals surface area contributed by atoms with Gasteiger partial charge >= 0.3 is 0 Å². The molecule has 1 aromatic carbocycles.